The minimum atomic E-state index is -1.44. The van der Waals surface area contributed by atoms with Crippen LogP contribution in [0.25, 0.3) is 0 Å². The van der Waals surface area contributed by atoms with Crippen molar-refractivity contribution in [1.29, 1.82) is 0 Å². The van der Waals surface area contributed by atoms with Crippen LogP contribution in [-0.2, 0) is 11.3 Å². The van der Waals surface area contributed by atoms with Gasteiger partial charge < -0.3 is 4.74 Å². The molecule has 0 bridgehead atoms. The highest BCUT2D eigenvalue weighted by Gasteiger charge is 2.10. The zero-order valence-electron chi connectivity index (χ0n) is 8.69. The van der Waals surface area contributed by atoms with Crippen molar-refractivity contribution in [3.8, 4) is 0 Å². The fourth-order valence-corrected chi connectivity index (χ4v) is 1.05. The summed E-state index contributed by atoms with van der Waals surface area (Å²) in [6.45, 7) is 3.88. The number of rotatable bonds is 4. The van der Waals surface area contributed by atoms with Crippen LogP contribution < -0.4 is 0 Å². The number of hydrogen-bond donors (Lipinski definition) is 0. The van der Waals surface area contributed by atoms with Gasteiger partial charge in [0.25, 0.3) is 0 Å². The van der Waals surface area contributed by atoms with Crippen molar-refractivity contribution in [1.82, 2.24) is 0 Å². The Hall–Kier alpha value is -1.03. The summed E-state index contributed by atoms with van der Waals surface area (Å²) in [6, 6.07) is 1.89. The minimum absolute atomic E-state index is 0.0150. The Balaban J connectivity index is 2.70. The molecule has 0 saturated heterocycles. The van der Waals surface area contributed by atoms with Crippen molar-refractivity contribution in [3.05, 3.63) is 35.1 Å². The molecule has 0 radical (unpaired) electrons. The van der Waals surface area contributed by atoms with E-state index in [0.717, 1.165) is 18.6 Å². The molecule has 1 aromatic carbocycles. The third-order valence-electron chi connectivity index (χ3n) is 2.15. The first-order valence-electron chi connectivity index (χ1n) is 4.79. The van der Waals surface area contributed by atoms with Gasteiger partial charge in [-0.3, -0.25) is 0 Å². The Morgan fingerprint density at radius 2 is 1.73 bits per heavy atom. The molecular formula is C11H13F3O. The number of ether oxygens (including phenoxy) is 1. The second-order valence-corrected chi connectivity index (χ2v) is 3.40. The van der Waals surface area contributed by atoms with Gasteiger partial charge in [-0.2, -0.15) is 0 Å². The maximum atomic E-state index is 12.8. The van der Waals surface area contributed by atoms with Gasteiger partial charge in [-0.25, -0.2) is 13.2 Å². The first-order chi connectivity index (χ1) is 7.04. The maximum Gasteiger partial charge on any atom is 0.194 e. The first-order valence-corrected chi connectivity index (χ1v) is 4.79. The second-order valence-electron chi connectivity index (χ2n) is 3.40. The maximum absolute atomic E-state index is 12.8. The van der Waals surface area contributed by atoms with Crippen LogP contribution in [0, 0.1) is 17.5 Å². The fraction of sp³-hybridized carbons (Fsp3) is 0.455. The molecule has 0 aliphatic carbocycles. The molecule has 84 valence electrons. The number of benzene rings is 1. The summed E-state index contributed by atoms with van der Waals surface area (Å²) in [5, 5.41) is 0. The molecule has 0 fully saturated rings. The normalized spacial score (nSPS) is 12.9. The van der Waals surface area contributed by atoms with Crippen LogP contribution in [0.1, 0.15) is 25.8 Å². The summed E-state index contributed by atoms with van der Waals surface area (Å²) in [4.78, 5) is 0. The highest BCUT2D eigenvalue weighted by atomic mass is 19.2. The molecule has 1 nitrogen and oxygen atoms in total. The van der Waals surface area contributed by atoms with E-state index in [-0.39, 0.29) is 12.7 Å². The number of halogens is 3. The molecule has 1 atom stereocenters. The Morgan fingerprint density at radius 3 is 2.20 bits per heavy atom. The Labute approximate surface area is 86.9 Å². The van der Waals surface area contributed by atoms with E-state index < -0.39 is 17.5 Å². The Bertz CT molecular complexity index is 316. The van der Waals surface area contributed by atoms with Crippen molar-refractivity contribution < 1.29 is 17.9 Å². The van der Waals surface area contributed by atoms with Crippen LogP contribution in [-0.4, -0.2) is 6.10 Å². The molecule has 0 amide bonds. The van der Waals surface area contributed by atoms with Crippen molar-refractivity contribution in [2.45, 2.75) is 33.0 Å². The van der Waals surface area contributed by atoms with Gasteiger partial charge in [-0.15, -0.1) is 0 Å². The predicted octanol–water partition coefficient (Wildman–Crippen LogP) is 3.42. The van der Waals surface area contributed by atoms with Gasteiger partial charge in [-0.05, 0) is 31.0 Å². The predicted molar refractivity (Wildman–Crippen MR) is 50.9 cm³/mol. The minimum Gasteiger partial charge on any atom is -0.374 e. The molecule has 0 saturated carbocycles. The van der Waals surface area contributed by atoms with Gasteiger partial charge in [0.15, 0.2) is 17.5 Å². The number of hydrogen-bond acceptors (Lipinski definition) is 1. The van der Waals surface area contributed by atoms with Crippen LogP contribution >= 0.6 is 0 Å². The zero-order chi connectivity index (χ0) is 11.4. The fourth-order valence-electron chi connectivity index (χ4n) is 1.05. The van der Waals surface area contributed by atoms with Crippen LogP contribution in [0.15, 0.2) is 12.1 Å². The van der Waals surface area contributed by atoms with E-state index in [1.165, 1.54) is 0 Å². The van der Waals surface area contributed by atoms with Crippen molar-refractivity contribution in [2.24, 2.45) is 0 Å². The van der Waals surface area contributed by atoms with Crippen LogP contribution in [0.4, 0.5) is 13.2 Å². The molecule has 0 N–H and O–H groups in total. The molecule has 1 unspecified atom stereocenters. The second kappa shape index (κ2) is 5.16. The van der Waals surface area contributed by atoms with Crippen LogP contribution in [0.5, 0.6) is 0 Å². The summed E-state index contributed by atoms with van der Waals surface area (Å²) in [7, 11) is 0. The quantitative estimate of drug-likeness (QED) is 0.703. The summed E-state index contributed by atoms with van der Waals surface area (Å²) in [5.41, 5.74) is 0.298. The summed E-state index contributed by atoms with van der Waals surface area (Å²) in [5.74, 6) is -3.81. The van der Waals surface area contributed by atoms with E-state index in [0.29, 0.717) is 5.56 Å². The third kappa shape index (κ3) is 3.23. The van der Waals surface area contributed by atoms with Crippen LogP contribution in [0.2, 0.25) is 0 Å². The lowest BCUT2D eigenvalue weighted by Gasteiger charge is -2.10. The average Bonchev–Trinajstić information content (AvgIpc) is 2.22. The molecular weight excluding hydrogens is 205 g/mol. The van der Waals surface area contributed by atoms with Gasteiger partial charge in [0, 0.05) is 0 Å². The molecule has 0 aromatic heterocycles. The van der Waals surface area contributed by atoms with E-state index in [4.69, 9.17) is 4.74 Å². The van der Waals surface area contributed by atoms with Crippen molar-refractivity contribution in [3.63, 3.8) is 0 Å². The lowest BCUT2D eigenvalue weighted by molar-refractivity contribution is 0.0505. The zero-order valence-corrected chi connectivity index (χ0v) is 8.69. The van der Waals surface area contributed by atoms with Gasteiger partial charge in [0.2, 0.25) is 0 Å². The van der Waals surface area contributed by atoms with E-state index in [1.807, 2.05) is 13.8 Å². The Morgan fingerprint density at radius 1 is 1.20 bits per heavy atom. The lowest BCUT2D eigenvalue weighted by atomic mass is 10.2. The molecule has 0 spiro atoms. The molecule has 4 heteroatoms. The molecule has 1 aromatic rings. The highest BCUT2D eigenvalue weighted by molar-refractivity contribution is 5.18. The summed E-state index contributed by atoms with van der Waals surface area (Å²) < 4.78 is 43.4. The average molecular weight is 218 g/mol. The van der Waals surface area contributed by atoms with Gasteiger partial charge in [0.1, 0.15) is 0 Å². The molecule has 0 aliphatic heterocycles. The van der Waals surface area contributed by atoms with Gasteiger partial charge >= 0.3 is 0 Å². The standard InChI is InChI=1S/C11H13F3O/c1-3-7(2)15-6-8-4-9(12)11(14)10(13)5-8/h4-5,7H,3,6H2,1-2H3. The smallest absolute Gasteiger partial charge is 0.194 e. The monoisotopic (exact) mass is 218 g/mol. The van der Waals surface area contributed by atoms with E-state index in [9.17, 15) is 13.2 Å². The molecule has 0 aliphatic rings. The summed E-state index contributed by atoms with van der Waals surface area (Å²) >= 11 is 0. The SMILES string of the molecule is CCC(C)OCc1cc(F)c(F)c(F)c1. The van der Waals surface area contributed by atoms with Gasteiger partial charge in [-0.1, -0.05) is 6.92 Å². The molecule has 15 heavy (non-hydrogen) atoms. The first kappa shape index (κ1) is 12.0. The van der Waals surface area contributed by atoms with Crippen molar-refractivity contribution in [2.75, 3.05) is 0 Å². The van der Waals surface area contributed by atoms with E-state index in [1.54, 1.807) is 0 Å². The van der Waals surface area contributed by atoms with E-state index in [2.05, 4.69) is 0 Å². The third-order valence-corrected chi connectivity index (χ3v) is 2.15. The highest BCUT2D eigenvalue weighted by Crippen LogP contribution is 2.15. The largest absolute Gasteiger partial charge is 0.374 e. The van der Waals surface area contributed by atoms with Gasteiger partial charge in [0.05, 0.1) is 12.7 Å². The molecule has 0 heterocycles. The lowest BCUT2D eigenvalue weighted by Crippen LogP contribution is -2.07. The van der Waals surface area contributed by atoms with Crippen LogP contribution in [0.3, 0.4) is 0 Å². The molecule has 1 rings (SSSR count). The topological polar surface area (TPSA) is 9.23 Å². The van der Waals surface area contributed by atoms with E-state index >= 15 is 0 Å². The Kier molecular flexibility index (Phi) is 4.15. The van der Waals surface area contributed by atoms with Crippen molar-refractivity contribution >= 4 is 0 Å². The summed E-state index contributed by atoms with van der Waals surface area (Å²) in [6.07, 6.45) is 0.827.